The second-order valence-electron chi connectivity index (χ2n) is 13.7. The van der Waals surface area contributed by atoms with Crippen LogP contribution in [-0.2, 0) is 0 Å². The first kappa shape index (κ1) is 29.6. The lowest BCUT2D eigenvalue weighted by Gasteiger charge is -2.26. The van der Waals surface area contributed by atoms with Crippen molar-refractivity contribution < 1.29 is 8.83 Å². The molecule has 53 heavy (non-hydrogen) atoms. The normalized spacial score (nSPS) is 11.8. The van der Waals surface area contributed by atoms with Gasteiger partial charge in [-0.25, -0.2) is 0 Å². The summed E-state index contributed by atoms with van der Waals surface area (Å²) in [6.45, 7) is 0. The molecule has 0 radical (unpaired) electrons. The maximum Gasteiger partial charge on any atom is 0.136 e. The monoisotopic (exact) mass is 677 g/mol. The number of benzene rings is 9. The van der Waals surface area contributed by atoms with E-state index in [9.17, 15) is 0 Å². The van der Waals surface area contributed by atoms with Gasteiger partial charge in [-0.05, 0) is 117 Å². The van der Waals surface area contributed by atoms with E-state index >= 15 is 0 Å². The van der Waals surface area contributed by atoms with E-state index in [0.29, 0.717) is 0 Å². The van der Waals surface area contributed by atoms with E-state index in [4.69, 9.17) is 8.83 Å². The second-order valence-corrected chi connectivity index (χ2v) is 13.7. The van der Waals surface area contributed by atoms with E-state index in [1.807, 2.05) is 24.3 Å². The number of para-hydroxylation sites is 2. The predicted molar refractivity (Wildman–Crippen MR) is 222 cm³/mol. The second kappa shape index (κ2) is 11.7. The van der Waals surface area contributed by atoms with Gasteiger partial charge in [-0.3, -0.25) is 0 Å². The van der Waals surface area contributed by atoms with Crippen molar-refractivity contribution in [3.05, 3.63) is 188 Å². The van der Waals surface area contributed by atoms with Gasteiger partial charge in [0, 0.05) is 38.6 Å². The first-order valence-electron chi connectivity index (χ1n) is 18.0. The topological polar surface area (TPSA) is 29.5 Å². The Morgan fingerprint density at radius 2 is 0.849 bits per heavy atom. The zero-order chi connectivity index (χ0) is 34.9. The summed E-state index contributed by atoms with van der Waals surface area (Å²) in [5.74, 6) is 0. The quantitative estimate of drug-likeness (QED) is 0.182. The van der Waals surface area contributed by atoms with Gasteiger partial charge in [0.1, 0.15) is 22.3 Å². The number of hydrogen-bond acceptors (Lipinski definition) is 3. The third-order valence-corrected chi connectivity index (χ3v) is 10.6. The molecule has 0 aliphatic heterocycles. The predicted octanol–water partition coefficient (Wildman–Crippen LogP) is 14.6. The summed E-state index contributed by atoms with van der Waals surface area (Å²) in [7, 11) is 0. The fourth-order valence-corrected chi connectivity index (χ4v) is 8.02. The van der Waals surface area contributed by atoms with Crippen LogP contribution < -0.4 is 4.90 Å². The molecule has 0 unspecified atom stereocenters. The van der Waals surface area contributed by atoms with Crippen LogP contribution in [0.1, 0.15) is 0 Å². The first-order chi connectivity index (χ1) is 26.2. The lowest BCUT2D eigenvalue weighted by molar-refractivity contribution is 0.668. The largest absolute Gasteiger partial charge is 0.456 e. The van der Waals surface area contributed by atoms with Crippen LogP contribution >= 0.6 is 0 Å². The molecule has 11 rings (SSSR count). The molecule has 2 heterocycles. The minimum atomic E-state index is 0.882. The Kier molecular flexibility index (Phi) is 6.55. The molecule has 0 spiro atoms. The van der Waals surface area contributed by atoms with Crippen molar-refractivity contribution in [3.63, 3.8) is 0 Å². The summed E-state index contributed by atoms with van der Waals surface area (Å²) in [6.07, 6.45) is 0. The molecule has 0 bridgehead atoms. The minimum Gasteiger partial charge on any atom is -0.456 e. The van der Waals surface area contributed by atoms with E-state index in [1.165, 1.54) is 27.3 Å². The summed E-state index contributed by atoms with van der Waals surface area (Å²) >= 11 is 0. The molecule has 0 saturated heterocycles. The Morgan fingerprint density at radius 3 is 1.60 bits per heavy atom. The van der Waals surface area contributed by atoms with Gasteiger partial charge in [-0.15, -0.1) is 0 Å². The van der Waals surface area contributed by atoms with Gasteiger partial charge in [0.2, 0.25) is 0 Å². The van der Waals surface area contributed by atoms with Gasteiger partial charge >= 0.3 is 0 Å². The Balaban J connectivity index is 1.00. The van der Waals surface area contributed by atoms with Crippen LogP contribution in [0.25, 0.3) is 87.7 Å². The van der Waals surface area contributed by atoms with Crippen LogP contribution in [-0.4, -0.2) is 0 Å². The molecule has 3 heteroatoms. The maximum absolute atomic E-state index is 6.22. The van der Waals surface area contributed by atoms with Gasteiger partial charge < -0.3 is 13.7 Å². The van der Waals surface area contributed by atoms with Gasteiger partial charge in [0.25, 0.3) is 0 Å². The highest BCUT2D eigenvalue weighted by Crippen LogP contribution is 2.41. The molecule has 11 aromatic rings. The van der Waals surface area contributed by atoms with Gasteiger partial charge in [0.15, 0.2) is 0 Å². The standard InChI is InChI=1S/C50H31NO2/c1-2-10-41-33(8-1)9-7-13-42(41)34-20-24-39(25-21-34)51(40-26-27-49-46(31-40)44-12-4-5-14-47(44)52-49)38-22-18-32(19-23-38)35-16-17-36-29-45-43-11-3-6-15-48(43)53-50(45)30-37(36)28-35/h1-31H. The summed E-state index contributed by atoms with van der Waals surface area (Å²) in [4.78, 5) is 2.33. The molecule has 0 amide bonds. The first-order valence-corrected chi connectivity index (χ1v) is 18.0. The fraction of sp³-hybridized carbons (Fsp3) is 0. The molecular weight excluding hydrogens is 647 g/mol. The number of hydrogen-bond donors (Lipinski definition) is 0. The molecule has 0 aliphatic carbocycles. The average Bonchev–Trinajstić information content (AvgIpc) is 3.78. The molecule has 0 saturated carbocycles. The average molecular weight is 678 g/mol. The van der Waals surface area contributed by atoms with Crippen molar-refractivity contribution in [1.29, 1.82) is 0 Å². The Bertz CT molecular complexity index is 3160. The zero-order valence-corrected chi connectivity index (χ0v) is 28.7. The van der Waals surface area contributed by atoms with E-state index in [-0.39, 0.29) is 0 Å². The zero-order valence-electron chi connectivity index (χ0n) is 28.7. The third kappa shape index (κ3) is 4.90. The minimum absolute atomic E-state index is 0.882. The van der Waals surface area contributed by atoms with Crippen molar-refractivity contribution in [3.8, 4) is 22.3 Å². The molecule has 9 aromatic carbocycles. The number of nitrogens with zero attached hydrogens (tertiary/aromatic N) is 1. The van der Waals surface area contributed by atoms with Crippen molar-refractivity contribution in [2.75, 3.05) is 4.90 Å². The van der Waals surface area contributed by atoms with E-state index in [1.54, 1.807) is 0 Å². The highest BCUT2D eigenvalue weighted by Gasteiger charge is 2.17. The van der Waals surface area contributed by atoms with Crippen LogP contribution in [0, 0.1) is 0 Å². The number of anilines is 3. The number of rotatable bonds is 5. The Hall–Kier alpha value is -7.10. The maximum atomic E-state index is 6.22. The molecule has 248 valence electrons. The summed E-state index contributed by atoms with van der Waals surface area (Å²) in [6, 6.07) is 67.0. The van der Waals surface area contributed by atoms with Crippen LogP contribution in [0.5, 0.6) is 0 Å². The smallest absolute Gasteiger partial charge is 0.136 e. The summed E-state index contributed by atoms with van der Waals surface area (Å²) in [5, 5.41) is 9.36. The Morgan fingerprint density at radius 1 is 0.283 bits per heavy atom. The molecule has 0 fully saturated rings. The summed E-state index contributed by atoms with van der Waals surface area (Å²) in [5.41, 5.74) is 11.6. The van der Waals surface area contributed by atoms with Crippen LogP contribution in [0.3, 0.4) is 0 Å². The molecule has 3 nitrogen and oxygen atoms in total. The lowest BCUT2D eigenvalue weighted by Crippen LogP contribution is -2.09. The van der Waals surface area contributed by atoms with Crippen molar-refractivity contribution in [1.82, 2.24) is 0 Å². The van der Waals surface area contributed by atoms with Crippen LogP contribution in [0.2, 0.25) is 0 Å². The van der Waals surface area contributed by atoms with Crippen LogP contribution in [0.4, 0.5) is 17.1 Å². The molecule has 0 N–H and O–H groups in total. The van der Waals surface area contributed by atoms with E-state index in [0.717, 1.165) is 77.5 Å². The van der Waals surface area contributed by atoms with Crippen LogP contribution in [0.15, 0.2) is 197 Å². The lowest BCUT2D eigenvalue weighted by atomic mass is 9.98. The SMILES string of the molecule is c1ccc2c(-c3ccc(N(c4ccc(-c5ccc6cc7c(cc6c5)oc5ccccc57)cc4)c4ccc5oc6ccccc6c5c4)cc3)cccc2c1. The van der Waals surface area contributed by atoms with E-state index < -0.39 is 0 Å². The molecular formula is C50H31NO2. The van der Waals surface area contributed by atoms with Gasteiger partial charge in [-0.1, -0.05) is 115 Å². The summed E-state index contributed by atoms with van der Waals surface area (Å²) < 4.78 is 12.4. The highest BCUT2D eigenvalue weighted by molar-refractivity contribution is 6.10. The molecule has 2 aromatic heterocycles. The number of fused-ring (bicyclic) bond motifs is 8. The van der Waals surface area contributed by atoms with Crippen molar-refractivity contribution in [2.45, 2.75) is 0 Å². The van der Waals surface area contributed by atoms with Crippen molar-refractivity contribution in [2.24, 2.45) is 0 Å². The highest BCUT2D eigenvalue weighted by atomic mass is 16.3. The van der Waals surface area contributed by atoms with Gasteiger partial charge in [-0.2, -0.15) is 0 Å². The number of furan rings is 2. The fourth-order valence-electron chi connectivity index (χ4n) is 8.02. The third-order valence-electron chi connectivity index (χ3n) is 10.6. The van der Waals surface area contributed by atoms with Gasteiger partial charge in [0.05, 0.1) is 0 Å². The van der Waals surface area contributed by atoms with E-state index in [2.05, 4.69) is 169 Å². The Labute approximate surface area is 305 Å². The molecule has 0 aliphatic rings. The molecule has 0 atom stereocenters. The van der Waals surface area contributed by atoms with Crippen molar-refractivity contribution >= 4 is 82.5 Å².